The summed E-state index contributed by atoms with van der Waals surface area (Å²) in [4.78, 5) is 16.9. The van der Waals surface area contributed by atoms with E-state index in [1.165, 1.54) is 0 Å². The highest BCUT2D eigenvalue weighted by Crippen LogP contribution is 2.27. The normalized spacial score (nSPS) is 11.3. The van der Waals surface area contributed by atoms with Crippen molar-refractivity contribution in [2.24, 2.45) is 0 Å². The summed E-state index contributed by atoms with van der Waals surface area (Å²) in [6.45, 7) is 0. The molecule has 0 aliphatic heterocycles. The minimum Gasteiger partial charge on any atom is -0.497 e. The molecule has 0 atom stereocenters. The van der Waals surface area contributed by atoms with Gasteiger partial charge in [-0.05, 0) is 30.3 Å². The molecule has 0 spiro atoms. The van der Waals surface area contributed by atoms with Crippen LogP contribution in [0.3, 0.4) is 0 Å². The highest BCUT2D eigenvalue weighted by molar-refractivity contribution is 6.04. The second-order valence-electron chi connectivity index (χ2n) is 4.81. The summed E-state index contributed by atoms with van der Waals surface area (Å²) in [5.74, 6) is 0.701. The Morgan fingerprint density at radius 2 is 1.90 bits per heavy atom. The smallest absolute Gasteiger partial charge is 0.202 e. The van der Waals surface area contributed by atoms with Gasteiger partial charge in [0.1, 0.15) is 16.9 Å². The van der Waals surface area contributed by atoms with Crippen LogP contribution in [0.15, 0.2) is 57.9 Å². The van der Waals surface area contributed by atoms with E-state index in [2.05, 4.69) is 4.98 Å². The van der Waals surface area contributed by atoms with Gasteiger partial charge in [-0.1, -0.05) is 12.1 Å². The predicted molar refractivity (Wildman–Crippen MR) is 81.8 cm³/mol. The third-order valence-electron chi connectivity index (χ3n) is 3.61. The number of pyridine rings is 1. The van der Waals surface area contributed by atoms with E-state index < -0.39 is 0 Å². The highest BCUT2D eigenvalue weighted by atomic mass is 16.5. The van der Waals surface area contributed by atoms with E-state index in [-0.39, 0.29) is 5.43 Å². The highest BCUT2D eigenvalue weighted by Gasteiger charge is 2.11. The van der Waals surface area contributed by atoms with Crippen LogP contribution in [0.4, 0.5) is 0 Å². The second kappa shape index (κ2) is 4.31. The minimum atomic E-state index is -0.0657. The zero-order valence-corrected chi connectivity index (χ0v) is 11.3. The summed E-state index contributed by atoms with van der Waals surface area (Å²) in [5, 5.41) is 1.82. The molecule has 0 aliphatic carbocycles. The van der Waals surface area contributed by atoms with Crippen LogP contribution in [0.25, 0.3) is 32.8 Å². The lowest BCUT2D eigenvalue weighted by molar-refractivity contribution is 0.415. The molecule has 4 aromatic rings. The molecule has 0 radical (unpaired) electrons. The number of hydrogen-bond donors (Lipinski definition) is 0. The summed E-state index contributed by atoms with van der Waals surface area (Å²) in [6, 6.07) is 12.7. The standard InChI is InChI=1S/C17H11NO3/c1-20-10-6-7-14-12(8-10)17-13(9-18-14)16(19)11-4-2-3-5-15(11)21-17/h2-9H,1H3. The SMILES string of the molecule is COc1ccc2ncc3c(=O)c4ccccc4oc3c2c1. The fourth-order valence-electron chi connectivity index (χ4n) is 2.54. The van der Waals surface area contributed by atoms with Crippen molar-refractivity contribution in [3.8, 4) is 5.75 Å². The van der Waals surface area contributed by atoms with Crippen LogP contribution < -0.4 is 10.2 Å². The van der Waals surface area contributed by atoms with Gasteiger partial charge in [0, 0.05) is 11.6 Å². The fourth-order valence-corrected chi connectivity index (χ4v) is 2.54. The number of fused-ring (bicyclic) bond motifs is 4. The van der Waals surface area contributed by atoms with Crippen LogP contribution in [0.2, 0.25) is 0 Å². The lowest BCUT2D eigenvalue weighted by atomic mass is 10.1. The molecule has 0 bridgehead atoms. The first-order valence-corrected chi connectivity index (χ1v) is 6.56. The predicted octanol–water partition coefficient (Wildman–Crippen LogP) is 3.50. The molecule has 0 fully saturated rings. The summed E-state index contributed by atoms with van der Waals surface area (Å²) in [5.41, 5.74) is 1.82. The summed E-state index contributed by atoms with van der Waals surface area (Å²) in [6.07, 6.45) is 1.57. The van der Waals surface area contributed by atoms with Crippen molar-refractivity contribution >= 4 is 32.8 Å². The summed E-state index contributed by atoms with van der Waals surface area (Å²) in [7, 11) is 1.60. The van der Waals surface area contributed by atoms with Crippen molar-refractivity contribution < 1.29 is 9.15 Å². The molecule has 0 unspecified atom stereocenters. The Hall–Kier alpha value is -2.88. The Bertz CT molecular complexity index is 1050. The molecular weight excluding hydrogens is 266 g/mol. The second-order valence-corrected chi connectivity index (χ2v) is 4.81. The molecule has 4 heteroatoms. The monoisotopic (exact) mass is 277 g/mol. The van der Waals surface area contributed by atoms with Crippen molar-refractivity contribution in [1.29, 1.82) is 0 Å². The van der Waals surface area contributed by atoms with E-state index >= 15 is 0 Å². The Morgan fingerprint density at radius 3 is 2.76 bits per heavy atom. The van der Waals surface area contributed by atoms with Gasteiger partial charge in [-0.15, -0.1) is 0 Å². The molecule has 0 saturated heterocycles. The molecule has 102 valence electrons. The zero-order chi connectivity index (χ0) is 14.4. The van der Waals surface area contributed by atoms with E-state index in [4.69, 9.17) is 9.15 Å². The largest absolute Gasteiger partial charge is 0.497 e. The van der Waals surface area contributed by atoms with Gasteiger partial charge >= 0.3 is 0 Å². The van der Waals surface area contributed by atoms with Gasteiger partial charge in [-0.25, -0.2) is 0 Å². The summed E-state index contributed by atoms with van der Waals surface area (Å²) < 4.78 is 11.2. The third-order valence-corrected chi connectivity index (χ3v) is 3.61. The Balaban J connectivity index is 2.27. The molecule has 2 aromatic carbocycles. The number of aromatic nitrogens is 1. The lowest BCUT2D eigenvalue weighted by Gasteiger charge is -2.06. The molecule has 0 saturated carbocycles. The van der Waals surface area contributed by atoms with E-state index in [9.17, 15) is 4.79 Å². The van der Waals surface area contributed by atoms with Crippen LogP contribution >= 0.6 is 0 Å². The maximum Gasteiger partial charge on any atom is 0.202 e. The topological polar surface area (TPSA) is 52.3 Å². The molecule has 21 heavy (non-hydrogen) atoms. The first-order valence-electron chi connectivity index (χ1n) is 6.56. The fraction of sp³-hybridized carbons (Fsp3) is 0.0588. The van der Waals surface area contributed by atoms with Crippen molar-refractivity contribution in [2.45, 2.75) is 0 Å². The van der Waals surface area contributed by atoms with Crippen LogP contribution in [0, 0.1) is 0 Å². The first kappa shape index (κ1) is 11.9. The van der Waals surface area contributed by atoms with Crippen molar-refractivity contribution in [1.82, 2.24) is 4.98 Å². The van der Waals surface area contributed by atoms with Crippen LogP contribution in [-0.4, -0.2) is 12.1 Å². The molecule has 0 aliphatic rings. The maximum atomic E-state index is 12.6. The van der Waals surface area contributed by atoms with Gasteiger partial charge in [0.05, 0.1) is 23.4 Å². The molecule has 4 nitrogen and oxygen atoms in total. The van der Waals surface area contributed by atoms with Gasteiger partial charge in [0.25, 0.3) is 0 Å². The van der Waals surface area contributed by atoms with Gasteiger partial charge in [-0.2, -0.15) is 0 Å². The van der Waals surface area contributed by atoms with Gasteiger partial charge < -0.3 is 9.15 Å². The van der Waals surface area contributed by atoms with E-state index in [1.807, 2.05) is 30.3 Å². The Morgan fingerprint density at radius 1 is 1.05 bits per heavy atom. The van der Waals surface area contributed by atoms with Crippen LogP contribution in [-0.2, 0) is 0 Å². The van der Waals surface area contributed by atoms with Crippen LogP contribution in [0.1, 0.15) is 0 Å². The number of para-hydroxylation sites is 1. The molecule has 2 heterocycles. The van der Waals surface area contributed by atoms with Crippen molar-refractivity contribution in [3.63, 3.8) is 0 Å². The van der Waals surface area contributed by atoms with E-state index in [0.29, 0.717) is 27.7 Å². The van der Waals surface area contributed by atoms with Gasteiger partial charge in [0.2, 0.25) is 5.43 Å². The molecular formula is C17H11NO3. The molecule has 0 amide bonds. The number of nitrogens with zero attached hydrogens (tertiary/aromatic N) is 1. The number of ether oxygens (including phenoxy) is 1. The van der Waals surface area contributed by atoms with Crippen molar-refractivity contribution in [2.75, 3.05) is 7.11 Å². The minimum absolute atomic E-state index is 0.0657. The quantitative estimate of drug-likeness (QED) is 0.394. The summed E-state index contributed by atoms with van der Waals surface area (Å²) >= 11 is 0. The van der Waals surface area contributed by atoms with Crippen LogP contribution in [0.5, 0.6) is 5.75 Å². The molecule has 4 rings (SSSR count). The van der Waals surface area contributed by atoms with E-state index in [1.54, 1.807) is 25.4 Å². The Labute approximate surface area is 119 Å². The van der Waals surface area contributed by atoms with Gasteiger partial charge in [0.15, 0.2) is 0 Å². The van der Waals surface area contributed by atoms with Gasteiger partial charge in [-0.3, -0.25) is 9.78 Å². The average Bonchev–Trinajstić information content (AvgIpc) is 2.54. The average molecular weight is 277 g/mol. The zero-order valence-electron chi connectivity index (χ0n) is 11.3. The number of hydrogen-bond acceptors (Lipinski definition) is 4. The molecule has 2 aromatic heterocycles. The first-order chi connectivity index (χ1) is 10.3. The lowest BCUT2D eigenvalue weighted by Crippen LogP contribution is -2.02. The number of methoxy groups -OCH3 is 1. The molecule has 0 N–H and O–H groups in total. The third kappa shape index (κ3) is 1.69. The maximum absolute atomic E-state index is 12.6. The Kier molecular flexibility index (Phi) is 2.44. The van der Waals surface area contributed by atoms with Crippen molar-refractivity contribution in [3.05, 3.63) is 58.9 Å². The number of benzene rings is 2. The van der Waals surface area contributed by atoms with E-state index in [0.717, 1.165) is 10.9 Å². The number of rotatable bonds is 1.